The Morgan fingerprint density at radius 1 is 1.44 bits per heavy atom. The van der Waals surface area contributed by atoms with E-state index >= 15 is 0 Å². The number of nitrogens with two attached hydrogens (primary N) is 1. The van der Waals surface area contributed by atoms with Gasteiger partial charge in [-0.1, -0.05) is 13.8 Å². The summed E-state index contributed by atoms with van der Waals surface area (Å²) in [5, 5.41) is 0.611. The fourth-order valence-electron chi connectivity index (χ4n) is 1.63. The van der Waals surface area contributed by atoms with Crippen LogP contribution in [0.15, 0.2) is 16.5 Å². The van der Waals surface area contributed by atoms with E-state index in [1.54, 1.807) is 11.3 Å². The molecule has 86 valence electrons. The maximum absolute atomic E-state index is 5.77. The molecule has 0 spiro atoms. The van der Waals surface area contributed by atoms with Gasteiger partial charge in [-0.05, 0) is 31.4 Å². The Morgan fingerprint density at radius 3 is 2.75 bits per heavy atom. The Labute approximate surface area is 99.3 Å². The van der Waals surface area contributed by atoms with Crippen molar-refractivity contribution in [3.8, 4) is 11.5 Å². The van der Waals surface area contributed by atoms with Crippen LogP contribution in [0.3, 0.4) is 0 Å². The van der Waals surface area contributed by atoms with E-state index in [4.69, 9.17) is 10.2 Å². The average molecular weight is 236 g/mol. The summed E-state index contributed by atoms with van der Waals surface area (Å²) >= 11 is 1.55. The number of anilines is 1. The molecule has 2 heterocycles. The summed E-state index contributed by atoms with van der Waals surface area (Å²) in [5.74, 6) is 2.31. The van der Waals surface area contributed by atoms with Gasteiger partial charge >= 0.3 is 0 Å². The third-order valence-corrected chi connectivity index (χ3v) is 3.19. The third kappa shape index (κ3) is 2.27. The van der Waals surface area contributed by atoms with E-state index < -0.39 is 0 Å². The highest BCUT2D eigenvalue weighted by atomic mass is 32.1. The van der Waals surface area contributed by atoms with Gasteiger partial charge in [0.25, 0.3) is 0 Å². The summed E-state index contributed by atoms with van der Waals surface area (Å²) in [4.78, 5) is 5.56. The van der Waals surface area contributed by atoms with Crippen molar-refractivity contribution in [1.82, 2.24) is 4.98 Å². The van der Waals surface area contributed by atoms with Crippen molar-refractivity contribution in [2.75, 3.05) is 5.73 Å². The molecule has 0 aliphatic heterocycles. The molecular weight excluding hydrogens is 220 g/mol. The molecule has 0 atom stereocenters. The van der Waals surface area contributed by atoms with Crippen molar-refractivity contribution in [3.63, 3.8) is 0 Å². The van der Waals surface area contributed by atoms with Gasteiger partial charge in [0, 0.05) is 4.88 Å². The third-order valence-electron chi connectivity index (χ3n) is 2.28. The van der Waals surface area contributed by atoms with Gasteiger partial charge in [0.2, 0.25) is 0 Å². The molecule has 0 bridgehead atoms. The highest BCUT2D eigenvalue weighted by Gasteiger charge is 2.15. The van der Waals surface area contributed by atoms with Crippen molar-refractivity contribution < 1.29 is 4.42 Å². The van der Waals surface area contributed by atoms with Crippen molar-refractivity contribution in [2.45, 2.75) is 27.2 Å². The number of rotatable bonds is 3. The minimum atomic E-state index is 0.592. The summed E-state index contributed by atoms with van der Waals surface area (Å²) in [7, 11) is 0. The van der Waals surface area contributed by atoms with Crippen LogP contribution >= 0.6 is 11.3 Å². The van der Waals surface area contributed by atoms with E-state index in [0.717, 1.165) is 23.6 Å². The molecule has 2 rings (SSSR count). The first-order chi connectivity index (χ1) is 7.56. The summed E-state index contributed by atoms with van der Waals surface area (Å²) in [6, 6.07) is 3.90. The average Bonchev–Trinajstić information content (AvgIpc) is 2.72. The maximum Gasteiger partial charge on any atom is 0.180 e. The summed E-state index contributed by atoms with van der Waals surface area (Å²) in [6.45, 7) is 6.31. The molecule has 0 saturated carbocycles. The highest BCUT2D eigenvalue weighted by Crippen LogP contribution is 2.32. The second-order valence-corrected chi connectivity index (χ2v) is 5.45. The quantitative estimate of drug-likeness (QED) is 0.887. The van der Waals surface area contributed by atoms with Crippen LogP contribution in [0.4, 0.5) is 5.13 Å². The van der Waals surface area contributed by atoms with Crippen molar-refractivity contribution in [3.05, 3.63) is 22.8 Å². The van der Waals surface area contributed by atoms with Crippen molar-refractivity contribution in [2.24, 2.45) is 5.92 Å². The van der Waals surface area contributed by atoms with Crippen LogP contribution in [-0.4, -0.2) is 4.98 Å². The van der Waals surface area contributed by atoms with Crippen LogP contribution in [0, 0.1) is 12.8 Å². The molecule has 0 radical (unpaired) electrons. The zero-order chi connectivity index (χ0) is 11.7. The number of hydrogen-bond donors (Lipinski definition) is 1. The Balaban J connectivity index is 2.39. The van der Waals surface area contributed by atoms with Crippen LogP contribution in [-0.2, 0) is 6.42 Å². The number of nitrogen functional groups attached to an aromatic ring is 1. The number of aryl methyl sites for hydroxylation is 1. The van der Waals surface area contributed by atoms with Crippen LogP contribution in [0.2, 0.25) is 0 Å². The molecule has 0 aromatic carbocycles. The van der Waals surface area contributed by atoms with E-state index in [-0.39, 0.29) is 0 Å². The molecule has 0 saturated heterocycles. The monoisotopic (exact) mass is 236 g/mol. The molecule has 4 heteroatoms. The lowest BCUT2D eigenvalue weighted by molar-refractivity contribution is 0.545. The fourth-order valence-corrected chi connectivity index (χ4v) is 2.68. The first kappa shape index (κ1) is 11.2. The fraction of sp³-hybridized carbons (Fsp3) is 0.417. The zero-order valence-electron chi connectivity index (χ0n) is 9.78. The highest BCUT2D eigenvalue weighted by molar-refractivity contribution is 7.15. The smallest absolute Gasteiger partial charge is 0.180 e. The molecule has 0 aliphatic rings. The molecule has 16 heavy (non-hydrogen) atoms. The van der Waals surface area contributed by atoms with Gasteiger partial charge in [-0.2, -0.15) is 0 Å². The second kappa shape index (κ2) is 4.29. The largest absolute Gasteiger partial charge is 0.460 e. The normalized spacial score (nSPS) is 11.2. The SMILES string of the molecule is Cc1ccc(-c2nc(N)sc2CC(C)C)o1. The Kier molecular flexibility index (Phi) is 3.01. The lowest BCUT2D eigenvalue weighted by atomic mass is 10.1. The van der Waals surface area contributed by atoms with Crippen LogP contribution < -0.4 is 5.73 Å². The van der Waals surface area contributed by atoms with E-state index in [2.05, 4.69) is 18.8 Å². The number of aromatic nitrogens is 1. The van der Waals surface area contributed by atoms with Crippen LogP contribution in [0.25, 0.3) is 11.5 Å². The predicted molar refractivity (Wildman–Crippen MR) is 67.5 cm³/mol. The number of furan rings is 1. The topological polar surface area (TPSA) is 52.0 Å². The molecule has 0 fully saturated rings. The van der Waals surface area contributed by atoms with Crippen LogP contribution in [0.1, 0.15) is 24.5 Å². The first-order valence-electron chi connectivity index (χ1n) is 5.38. The van der Waals surface area contributed by atoms with Crippen molar-refractivity contribution in [1.29, 1.82) is 0 Å². The number of nitrogens with zero attached hydrogens (tertiary/aromatic N) is 1. The molecule has 2 aromatic heterocycles. The van der Waals surface area contributed by atoms with Gasteiger partial charge in [0.05, 0.1) is 0 Å². The Morgan fingerprint density at radius 2 is 2.19 bits per heavy atom. The molecule has 3 nitrogen and oxygen atoms in total. The molecule has 0 aliphatic carbocycles. The van der Waals surface area contributed by atoms with Gasteiger partial charge in [-0.25, -0.2) is 4.98 Å². The lowest BCUT2D eigenvalue weighted by Gasteiger charge is -2.02. The molecular formula is C12H16N2OS. The number of hydrogen-bond acceptors (Lipinski definition) is 4. The lowest BCUT2D eigenvalue weighted by Crippen LogP contribution is -1.93. The second-order valence-electron chi connectivity index (χ2n) is 4.33. The molecule has 0 unspecified atom stereocenters. The van der Waals surface area contributed by atoms with Crippen molar-refractivity contribution >= 4 is 16.5 Å². The summed E-state index contributed by atoms with van der Waals surface area (Å²) in [6.07, 6.45) is 0.990. The van der Waals surface area contributed by atoms with E-state index in [9.17, 15) is 0 Å². The van der Waals surface area contributed by atoms with E-state index in [1.807, 2.05) is 19.1 Å². The molecule has 2 N–H and O–H groups in total. The van der Waals surface area contributed by atoms with Crippen LogP contribution in [0.5, 0.6) is 0 Å². The van der Waals surface area contributed by atoms with Gasteiger partial charge in [0.1, 0.15) is 11.5 Å². The van der Waals surface area contributed by atoms with Gasteiger partial charge in [0.15, 0.2) is 10.9 Å². The molecule has 0 amide bonds. The van der Waals surface area contributed by atoms with Gasteiger partial charge < -0.3 is 10.2 Å². The minimum absolute atomic E-state index is 0.592. The van der Waals surface area contributed by atoms with E-state index in [0.29, 0.717) is 11.0 Å². The summed E-state index contributed by atoms with van der Waals surface area (Å²) < 4.78 is 5.59. The van der Waals surface area contributed by atoms with Gasteiger partial charge in [-0.3, -0.25) is 0 Å². The molecule has 2 aromatic rings. The first-order valence-corrected chi connectivity index (χ1v) is 6.20. The zero-order valence-corrected chi connectivity index (χ0v) is 10.6. The minimum Gasteiger partial charge on any atom is -0.460 e. The Bertz CT molecular complexity index is 485. The Hall–Kier alpha value is -1.29. The predicted octanol–water partition coefficient (Wildman–Crippen LogP) is 3.49. The number of thiazole rings is 1. The van der Waals surface area contributed by atoms with E-state index in [1.165, 1.54) is 4.88 Å². The van der Waals surface area contributed by atoms with Gasteiger partial charge in [-0.15, -0.1) is 11.3 Å². The standard InChI is InChI=1S/C12H16N2OS/c1-7(2)6-10-11(14-12(13)16-10)9-5-4-8(3)15-9/h4-5,7H,6H2,1-3H3,(H2,13,14). The summed E-state index contributed by atoms with van der Waals surface area (Å²) in [5.41, 5.74) is 6.67. The maximum atomic E-state index is 5.77.